The monoisotopic (exact) mass is 288 g/mol. The Bertz CT molecular complexity index is 375. The fourth-order valence-electron chi connectivity index (χ4n) is 1.63. The highest BCUT2D eigenvalue weighted by Crippen LogP contribution is 2.46. The minimum Gasteiger partial charge on any atom is -0.492 e. The molecule has 16 heavy (non-hydrogen) atoms. The molecular formula is C12H17BrO3. The Morgan fingerprint density at radius 3 is 1.81 bits per heavy atom. The Hall–Kier alpha value is -0.900. The largest absolute Gasteiger partial charge is 0.492 e. The second kappa shape index (κ2) is 5.43. The minimum atomic E-state index is 0.353. The van der Waals surface area contributed by atoms with E-state index in [-0.39, 0.29) is 0 Å². The summed E-state index contributed by atoms with van der Waals surface area (Å²) >= 11 is 3.47. The van der Waals surface area contributed by atoms with Crippen molar-refractivity contribution in [2.24, 2.45) is 0 Å². The number of hydrogen-bond acceptors (Lipinski definition) is 3. The zero-order valence-electron chi connectivity index (χ0n) is 10.3. The van der Waals surface area contributed by atoms with Crippen molar-refractivity contribution in [3.63, 3.8) is 0 Å². The van der Waals surface area contributed by atoms with Crippen molar-refractivity contribution in [3.05, 3.63) is 16.1 Å². The first-order chi connectivity index (χ1) is 7.56. The summed E-state index contributed by atoms with van der Waals surface area (Å²) in [6, 6.07) is 2.00. The van der Waals surface area contributed by atoms with Crippen molar-refractivity contribution >= 4 is 15.9 Å². The zero-order valence-corrected chi connectivity index (χ0v) is 11.8. The lowest BCUT2D eigenvalue weighted by molar-refractivity contribution is 0.320. The molecule has 4 heteroatoms. The zero-order chi connectivity index (χ0) is 12.3. The van der Waals surface area contributed by atoms with Crippen LogP contribution in [0.5, 0.6) is 17.2 Å². The van der Waals surface area contributed by atoms with E-state index in [1.807, 2.05) is 6.07 Å². The normalized spacial score (nSPS) is 10.4. The van der Waals surface area contributed by atoms with Gasteiger partial charge in [-0.3, -0.25) is 0 Å². The van der Waals surface area contributed by atoms with Crippen LogP contribution in [0.1, 0.15) is 25.3 Å². The predicted octanol–water partition coefficient (Wildman–Crippen LogP) is 3.60. The first-order valence-corrected chi connectivity index (χ1v) is 5.84. The van der Waals surface area contributed by atoms with Crippen LogP contribution >= 0.6 is 15.9 Å². The number of methoxy groups -OCH3 is 3. The molecule has 0 heterocycles. The van der Waals surface area contributed by atoms with Gasteiger partial charge in [0, 0.05) is 5.56 Å². The lowest BCUT2D eigenvalue weighted by Crippen LogP contribution is -2.01. The van der Waals surface area contributed by atoms with Gasteiger partial charge in [-0.1, -0.05) is 13.8 Å². The molecule has 0 bridgehead atoms. The van der Waals surface area contributed by atoms with E-state index < -0.39 is 0 Å². The molecule has 0 aliphatic rings. The summed E-state index contributed by atoms with van der Waals surface area (Å²) in [4.78, 5) is 0. The fraction of sp³-hybridized carbons (Fsp3) is 0.500. The molecule has 0 aliphatic heterocycles. The van der Waals surface area contributed by atoms with E-state index in [4.69, 9.17) is 14.2 Å². The smallest absolute Gasteiger partial charge is 0.204 e. The first kappa shape index (κ1) is 13.2. The van der Waals surface area contributed by atoms with E-state index in [0.717, 1.165) is 15.8 Å². The molecule has 1 aromatic rings. The quantitative estimate of drug-likeness (QED) is 0.847. The van der Waals surface area contributed by atoms with Gasteiger partial charge in [0.1, 0.15) is 0 Å². The lowest BCUT2D eigenvalue weighted by atomic mass is 10.0. The molecule has 0 fully saturated rings. The summed E-state index contributed by atoms with van der Waals surface area (Å²) in [7, 11) is 4.85. The Morgan fingerprint density at radius 1 is 0.938 bits per heavy atom. The Balaban J connectivity index is 3.50. The molecule has 0 aromatic heterocycles. The summed E-state index contributed by atoms with van der Waals surface area (Å²) in [6.45, 7) is 4.21. The molecule has 0 saturated carbocycles. The lowest BCUT2D eigenvalue weighted by Gasteiger charge is -2.18. The second-order valence-corrected chi connectivity index (χ2v) is 4.56. The van der Waals surface area contributed by atoms with Gasteiger partial charge in [0.25, 0.3) is 0 Å². The topological polar surface area (TPSA) is 27.7 Å². The van der Waals surface area contributed by atoms with Gasteiger partial charge in [-0.2, -0.15) is 0 Å². The molecule has 0 aliphatic carbocycles. The summed E-state index contributed by atoms with van der Waals surface area (Å²) in [6.07, 6.45) is 0. The van der Waals surface area contributed by atoms with Gasteiger partial charge in [-0.25, -0.2) is 0 Å². The van der Waals surface area contributed by atoms with E-state index in [0.29, 0.717) is 17.4 Å². The van der Waals surface area contributed by atoms with Crippen LogP contribution in [0.2, 0.25) is 0 Å². The van der Waals surface area contributed by atoms with Gasteiger partial charge < -0.3 is 14.2 Å². The third kappa shape index (κ3) is 2.26. The third-order valence-electron chi connectivity index (χ3n) is 2.41. The summed E-state index contributed by atoms with van der Waals surface area (Å²) in [5.74, 6) is 2.37. The molecule has 0 N–H and O–H groups in total. The molecule has 0 amide bonds. The molecule has 1 rings (SSSR count). The molecule has 0 unspecified atom stereocenters. The summed E-state index contributed by atoms with van der Waals surface area (Å²) in [5, 5.41) is 0. The van der Waals surface area contributed by atoms with E-state index in [2.05, 4.69) is 29.8 Å². The Morgan fingerprint density at radius 2 is 1.44 bits per heavy atom. The van der Waals surface area contributed by atoms with Crippen molar-refractivity contribution in [2.75, 3.05) is 21.3 Å². The van der Waals surface area contributed by atoms with Crippen LogP contribution in [0.3, 0.4) is 0 Å². The average Bonchev–Trinajstić information content (AvgIpc) is 2.27. The van der Waals surface area contributed by atoms with Crippen molar-refractivity contribution in [3.8, 4) is 17.2 Å². The van der Waals surface area contributed by atoms with E-state index in [1.165, 1.54) is 0 Å². The standard InChI is InChI=1S/C12H17BrO3/c1-7(2)8-6-9(13)11(15-4)12(16-5)10(8)14-3/h6-7H,1-5H3. The second-order valence-electron chi connectivity index (χ2n) is 3.70. The minimum absolute atomic E-state index is 0.353. The van der Waals surface area contributed by atoms with E-state index in [9.17, 15) is 0 Å². The average molecular weight is 289 g/mol. The molecule has 0 radical (unpaired) electrons. The van der Waals surface area contributed by atoms with Crippen molar-refractivity contribution in [1.82, 2.24) is 0 Å². The van der Waals surface area contributed by atoms with Crippen LogP contribution in [-0.2, 0) is 0 Å². The molecule has 0 atom stereocenters. The fourth-order valence-corrected chi connectivity index (χ4v) is 2.21. The highest BCUT2D eigenvalue weighted by molar-refractivity contribution is 9.10. The number of benzene rings is 1. The number of hydrogen-bond donors (Lipinski definition) is 0. The highest BCUT2D eigenvalue weighted by atomic mass is 79.9. The molecule has 0 spiro atoms. The van der Waals surface area contributed by atoms with E-state index >= 15 is 0 Å². The van der Waals surface area contributed by atoms with Gasteiger partial charge in [-0.05, 0) is 27.9 Å². The highest BCUT2D eigenvalue weighted by Gasteiger charge is 2.20. The Kier molecular flexibility index (Phi) is 4.47. The molecule has 3 nitrogen and oxygen atoms in total. The molecule has 90 valence electrons. The maximum Gasteiger partial charge on any atom is 0.204 e. The molecule has 1 aromatic carbocycles. The number of rotatable bonds is 4. The first-order valence-electron chi connectivity index (χ1n) is 5.05. The van der Waals surface area contributed by atoms with Crippen molar-refractivity contribution in [2.45, 2.75) is 19.8 Å². The van der Waals surface area contributed by atoms with Crippen LogP contribution in [0.4, 0.5) is 0 Å². The van der Waals surface area contributed by atoms with Gasteiger partial charge in [0.05, 0.1) is 25.8 Å². The summed E-state index contributed by atoms with van der Waals surface area (Å²) in [5.41, 5.74) is 1.09. The maximum atomic E-state index is 5.40. The van der Waals surface area contributed by atoms with Gasteiger partial charge in [0.2, 0.25) is 5.75 Å². The van der Waals surface area contributed by atoms with Crippen LogP contribution in [0, 0.1) is 0 Å². The van der Waals surface area contributed by atoms with Crippen LogP contribution in [-0.4, -0.2) is 21.3 Å². The van der Waals surface area contributed by atoms with Crippen LogP contribution in [0.15, 0.2) is 10.5 Å². The molecule has 0 saturated heterocycles. The van der Waals surface area contributed by atoms with Crippen molar-refractivity contribution in [1.29, 1.82) is 0 Å². The van der Waals surface area contributed by atoms with Crippen LogP contribution in [0.25, 0.3) is 0 Å². The van der Waals surface area contributed by atoms with Crippen molar-refractivity contribution < 1.29 is 14.2 Å². The SMILES string of the molecule is COc1c(Br)cc(C(C)C)c(OC)c1OC. The number of halogens is 1. The van der Waals surface area contributed by atoms with Crippen LogP contribution < -0.4 is 14.2 Å². The Labute approximate surface area is 105 Å². The van der Waals surface area contributed by atoms with Gasteiger partial charge in [0.15, 0.2) is 11.5 Å². The number of ether oxygens (including phenoxy) is 3. The summed E-state index contributed by atoms with van der Waals surface area (Å²) < 4.78 is 16.9. The third-order valence-corrected chi connectivity index (χ3v) is 3.00. The van der Waals surface area contributed by atoms with E-state index in [1.54, 1.807) is 21.3 Å². The predicted molar refractivity (Wildman–Crippen MR) is 67.9 cm³/mol. The molecular weight excluding hydrogens is 272 g/mol. The maximum absolute atomic E-state index is 5.40. The van der Waals surface area contributed by atoms with Gasteiger partial charge in [-0.15, -0.1) is 0 Å². The van der Waals surface area contributed by atoms with Gasteiger partial charge >= 0.3 is 0 Å².